The van der Waals surface area contributed by atoms with E-state index in [9.17, 15) is 13.0 Å². The minimum Gasteiger partial charge on any atom is -0.748 e. The molecule has 0 spiro atoms. The average Bonchev–Trinajstić information content (AvgIpc) is 3.06. The van der Waals surface area contributed by atoms with Gasteiger partial charge in [-0.25, -0.2) is 22.1 Å². The maximum Gasteiger partial charge on any atom is 0.212 e. The average molecular weight is 772 g/mol. The first kappa shape index (κ1) is 47.1. The largest absolute Gasteiger partial charge is 0.748 e. The van der Waals surface area contributed by atoms with E-state index < -0.39 is 10.1 Å². The number of pyridine rings is 4. The van der Waals surface area contributed by atoms with Gasteiger partial charge in [-0.2, -0.15) is 4.57 Å². The molecule has 0 aliphatic heterocycles. The Balaban J connectivity index is 0.000000255. The van der Waals surface area contributed by atoms with E-state index in [1.54, 1.807) is 0 Å². The fourth-order valence-electron chi connectivity index (χ4n) is 5.40. The summed E-state index contributed by atoms with van der Waals surface area (Å²) in [4.78, 5) is 0. The lowest BCUT2D eigenvalue weighted by Crippen LogP contribution is -2.50. The number of benzene rings is 1. The molecule has 0 amide bonds. The molecule has 5 aromatic rings. The quantitative estimate of drug-likeness (QED) is 0.136. The fourth-order valence-corrected chi connectivity index (χ4v) is 5.89. The highest BCUT2D eigenvalue weighted by molar-refractivity contribution is 7.85. The highest BCUT2D eigenvalue weighted by atomic mass is 32.2. The maximum absolute atomic E-state index is 10.5. The van der Waals surface area contributed by atoms with Gasteiger partial charge in [0.05, 0.1) is 10.1 Å². The van der Waals surface area contributed by atoms with Gasteiger partial charge >= 0.3 is 0 Å². The van der Waals surface area contributed by atoms with Crippen LogP contribution in [0.1, 0.15) is 121 Å². The van der Waals surface area contributed by atoms with Gasteiger partial charge in [-0.1, -0.05) is 32.9 Å². The van der Waals surface area contributed by atoms with Gasteiger partial charge in [-0.15, -0.1) is 0 Å². The maximum atomic E-state index is 10.5. The molecular formula is C47H71N4O3S+3. The van der Waals surface area contributed by atoms with Gasteiger partial charge in [0.1, 0.15) is 0 Å². The van der Waals surface area contributed by atoms with Crippen molar-refractivity contribution in [3.8, 4) is 0 Å². The molecule has 8 heteroatoms. The molecule has 300 valence electrons. The summed E-state index contributed by atoms with van der Waals surface area (Å²) >= 11 is 0. The molecule has 0 fully saturated rings. The van der Waals surface area contributed by atoms with Crippen LogP contribution in [-0.2, 0) is 44.1 Å². The van der Waals surface area contributed by atoms with Crippen LogP contribution in [0.3, 0.4) is 0 Å². The fraction of sp³-hybridized carbons (Fsp3) is 0.489. The van der Waals surface area contributed by atoms with Crippen LogP contribution < -0.4 is 18.3 Å². The van der Waals surface area contributed by atoms with E-state index in [0.29, 0.717) is 0 Å². The van der Waals surface area contributed by atoms with E-state index >= 15 is 0 Å². The highest BCUT2D eigenvalue weighted by Crippen LogP contribution is 2.21. The summed E-state index contributed by atoms with van der Waals surface area (Å²) in [5.74, 6) is -0.346. The summed E-state index contributed by atoms with van der Waals surface area (Å²) < 4.78 is 40.3. The Kier molecular flexibility index (Phi) is 16.1. The van der Waals surface area contributed by atoms with Crippen molar-refractivity contribution in [2.45, 2.75) is 145 Å². The van der Waals surface area contributed by atoms with Crippen LogP contribution in [0, 0.1) is 6.92 Å². The minimum atomic E-state index is -4.13. The summed E-state index contributed by atoms with van der Waals surface area (Å²) in [6, 6.07) is 25.1. The molecule has 0 N–H and O–H groups in total. The van der Waals surface area contributed by atoms with Crippen molar-refractivity contribution >= 4 is 21.0 Å². The van der Waals surface area contributed by atoms with Crippen LogP contribution in [0.5, 0.6) is 0 Å². The molecule has 4 heterocycles. The van der Waals surface area contributed by atoms with Gasteiger partial charge in [-0.3, -0.25) is 0 Å². The van der Waals surface area contributed by atoms with Crippen LogP contribution >= 0.6 is 0 Å². The molecule has 0 aliphatic carbocycles. The zero-order chi connectivity index (χ0) is 42.0. The molecule has 0 bridgehead atoms. The molecule has 0 saturated heterocycles. The summed E-state index contributed by atoms with van der Waals surface area (Å²) in [6.07, 6.45) is 14.8. The Morgan fingerprint density at radius 3 is 1.44 bits per heavy atom. The van der Waals surface area contributed by atoms with Gasteiger partial charge in [0.2, 0.25) is 5.52 Å². The van der Waals surface area contributed by atoms with Crippen LogP contribution in [0.15, 0.2) is 116 Å². The van der Waals surface area contributed by atoms with E-state index in [1.165, 1.54) is 22.0 Å². The second-order valence-electron chi connectivity index (χ2n) is 19.3. The standard InChI is InChI=1S/C13H16N.C13H22N.C11H17NO3S.C10H16N/c1-13(2,3)14-10-6-8-11-7-4-5-9-12(11)14;1-12(2,3)11-7-9-14(10-8-11)13(4,5)6;1-11(2,3)12-7-4-5-10(9-12)6-8-16(13,14)15;1-9-5-7-11(8-6-9)10(2,3)4/h4-10H,1-3H3;7-10H,1-6H3;4-5,7,9H,6,8H2,1-3H3;5-8H,1-4H3/q2*+1;;+1. The van der Waals surface area contributed by atoms with Crippen molar-refractivity contribution in [3.63, 3.8) is 0 Å². The molecule has 0 unspecified atom stereocenters. The van der Waals surface area contributed by atoms with E-state index in [0.717, 1.165) is 5.56 Å². The normalized spacial score (nSPS) is 12.4. The Morgan fingerprint density at radius 2 is 0.982 bits per heavy atom. The smallest absolute Gasteiger partial charge is 0.212 e. The summed E-state index contributed by atoms with van der Waals surface area (Å²) in [6.45, 7) is 34.9. The zero-order valence-electron chi connectivity index (χ0n) is 36.8. The van der Waals surface area contributed by atoms with Crippen molar-refractivity contribution in [3.05, 3.63) is 133 Å². The minimum absolute atomic E-state index is 0.0493. The van der Waals surface area contributed by atoms with Crippen molar-refractivity contribution in [1.29, 1.82) is 0 Å². The number of fused-ring (bicyclic) bond motifs is 1. The first-order chi connectivity index (χ1) is 25.0. The number of para-hydroxylation sites is 1. The molecule has 55 heavy (non-hydrogen) atoms. The monoisotopic (exact) mass is 772 g/mol. The van der Waals surface area contributed by atoms with Crippen molar-refractivity contribution in [2.75, 3.05) is 5.75 Å². The Morgan fingerprint density at radius 1 is 0.527 bits per heavy atom. The van der Waals surface area contributed by atoms with E-state index in [1.807, 2.05) is 29.1 Å². The van der Waals surface area contributed by atoms with Crippen LogP contribution in [0.4, 0.5) is 0 Å². The lowest BCUT2D eigenvalue weighted by molar-refractivity contribution is -0.754. The third kappa shape index (κ3) is 16.7. The van der Waals surface area contributed by atoms with E-state index in [4.69, 9.17) is 0 Å². The predicted octanol–water partition coefficient (Wildman–Crippen LogP) is 8.76. The van der Waals surface area contributed by atoms with Crippen LogP contribution in [0.2, 0.25) is 0 Å². The molecule has 7 nitrogen and oxygen atoms in total. The Bertz CT molecular complexity index is 2000. The molecule has 5 rings (SSSR count). The van der Waals surface area contributed by atoms with E-state index in [2.05, 4.69) is 216 Å². The number of nitrogens with zero attached hydrogens (tertiary/aromatic N) is 4. The summed E-state index contributed by atoms with van der Waals surface area (Å²) in [5.41, 5.74) is 5.57. The summed E-state index contributed by atoms with van der Waals surface area (Å²) in [7, 11) is -4.13. The lowest BCUT2D eigenvalue weighted by atomic mass is 9.88. The van der Waals surface area contributed by atoms with Gasteiger partial charge in [-0.05, 0) is 48.1 Å². The first-order valence-electron chi connectivity index (χ1n) is 19.3. The number of aromatic nitrogens is 4. The van der Waals surface area contributed by atoms with Crippen molar-refractivity contribution in [2.24, 2.45) is 0 Å². The van der Waals surface area contributed by atoms with Gasteiger partial charge in [0.15, 0.2) is 65.5 Å². The molecule has 0 radical (unpaired) electrons. The SMILES string of the molecule is CC(C)(C)[n+]1cccc(CCS(=O)(=O)[O-])c1.CC(C)(C)[n+]1cccc2ccccc21.CC(C)(C)c1cc[n+](C(C)(C)C)cc1.Cc1cc[n+](C(C)(C)C)cc1. The van der Waals surface area contributed by atoms with Gasteiger partial charge < -0.3 is 4.55 Å². The number of rotatable bonds is 3. The summed E-state index contributed by atoms with van der Waals surface area (Å²) in [5, 5.41) is 1.30. The Hall–Kier alpha value is -4.01. The lowest BCUT2D eigenvalue weighted by Gasteiger charge is -2.19. The molecule has 1 aromatic carbocycles. The molecule has 0 saturated carbocycles. The second kappa shape index (κ2) is 18.8. The van der Waals surface area contributed by atoms with Crippen molar-refractivity contribution in [1.82, 2.24) is 0 Å². The number of hydrogen-bond acceptors (Lipinski definition) is 3. The molecule has 0 aliphatic rings. The molecule has 4 aromatic heterocycles. The topological polar surface area (TPSA) is 72.7 Å². The molecule has 0 atom stereocenters. The van der Waals surface area contributed by atoms with Crippen LogP contribution in [0.25, 0.3) is 10.9 Å². The van der Waals surface area contributed by atoms with Crippen molar-refractivity contribution < 1.29 is 31.2 Å². The third-order valence-corrected chi connectivity index (χ3v) is 9.65. The predicted molar refractivity (Wildman–Crippen MR) is 226 cm³/mol. The second-order valence-corrected chi connectivity index (χ2v) is 20.8. The third-order valence-electron chi connectivity index (χ3n) is 8.95. The van der Waals surface area contributed by atoms with Crippen LogP contribution in [-0.4, -0.2) is 18.7 Å². The highest BCUT2D eigenvalue weighted by Gasteiger charge is 2.25. The molecular weight excluding hydrogens is 701 g/mol. The van der Waals surface area contributed by atoms with Gasteiger partial charge in [0, 0.05) is 142 Å². The first-order valence-corrected chi connectivity index (χ1v) is 20.9. The zero-order valence-corrected chi connectivity index (χ0v) is 37.6. The van der Waals surface area contributed by atoms with E-state index in [-0.39, 0.29) is 39.7 Å². The number of hydrogen-bond donors (Lipinski definition) is 0. The Labute approximate surface area is 334 Å². The number of aryl methyl sites for hydroxylation is 2. The van der Waals surface area contributed by atoms with Gasteiger partial charge in [0.25, 0.3) is 0 Å².